The first-order chi connectivity index (χ1) is 7.26. The lowest BCUT2D eigenvalue weighted by molar-refractivity contribution is 0.270. The van der Waals surface area contributed by atoms with Crippen molar-refractivity contribution in [3.05, 3.63) is 18.0 Å². The molecule has 2 fully saturated rings. The molecule has 0 aromatic carbocycles. The molecule has 2 heterocycles. The fourth-order valence-corrected chi connectivity index (χ4v) is 3.03. The minimum Gasteiger partial charge on any atom is -0.359 e. The molecule has 15 heavy (non-hydrogen) atoms. The summed E-state index contributed by atoms with van der Waals surface area (Å²) in [6.45, 7) is 2.28. The number of aryl methyl sites for hydroxylation is 1. The van der Waals surface area contributed by atoms with Crippen LogP contribution in [0.5, 0.6) is 0 Å². The van der Waals surface area contributed by atoms with Gasteiger partial charge in [-0.1, -0.05) is 13.3 Å². The number of fused-ring (bicyclic) bond motifs is 1. The highest BCUT2D eigenvalue weighted by Gasteiger charge is 2.61. The van der Waals surface area contributed by atoms with Crippen LogP contribution in [0, 0.1) is 5.92 Å². The molecule has 3 nitrogen and oxygen atoms in total. The average molecular weight is 206 g/mol. The molecule has 1 aromatic heterocycles. The summed E-state index contributed by atoms with van der Waals surface area (Å²) < 4.78 is 7.93. The maximum Gasteiger partial charge on any atom is 0.136 e. The van der Waals surface area contributed by atoms with Gasteiger partial charge < -0.3 is 4.74 Å². The molecule has 1 aromatic rings. The van der Waals surface area contributed by atoms with Gasteiger partial charge in [0.2, 0.25) is 0 Å². The molecule has 1 aliphatic heterocycles. The van der Waals surface area contributed by atoms with Crippen molar-refractivity contribution in [2.75, 3.05) is 0 Å². The quantitative estimate of drug-likeness (QED) is 0.695. The number of epoxide rings is 1. The molecule has 0 N–H and O–H groups in total. The summed E-state index contributed by atoms with van der Waals surface area (Å²) in [6.07, 6.45) is 7.35. The highest BCUT2D eigenvalue weighted by Crippen LogP contribution is 2.56. The number of ether oxygens (including phenoxy) is 1. The largest absolute Gasteiger partial charge is 0.359 e. The molecule has 1 saturated heterocycles. The summed E-state index contributed by atoms with van der Waals surface area (Å²) in [7, 11) is 2.01. The number of hydrogen-bond donors (Lipinski definition) is 0. The molecule has 1 saturated carbocycles. The van der Waals surface area contributed by atoms with Crippen molar-refractivity contribution in [1.29, 1.82) is 0 Å². The zero-order valence-corrected chi connectivity index (χ0v) is 9.44. The van der Waals surface area contributed by atoms with E-state index in [4.69, 9.17) is 4.74 Å². The van der Waals surface area contributed by atoms with E-state index in [0.29, 0.717) is 6.10 Å². The van der Waals surface area contributed by atoms with Crippen LogP contribution < -0.4 is 0 Å². The van der Waals surface area contributed by atoms with E-state index in [-0.39, 0.29) is 5.60 Å². The van der Waals surface area contributed by atoms with Crippen molar-refractivity contribution in [2.24, 2.45) is 13.0 Å². The van der Waals surface area contributed by atoms with Crippen molar-refractivity contribution in [1.82, 2.24) is 9.78 Å². The zero-order valence-electron chi connectivity index (χ0n) is 9.44. The third kappa shape index (κ3) is 1.26. The number of nitrogens with zero attached hydrogens (tertiary/aromatic N) is 2. The molecular weight excluding hydrogens is 188 g/mol. The number of aromatic nitrogens is 2. The Bertz CT molecular complexity index is 373. The van der Waals surface area contributed by atoms with E-state index in [1.807, 2.05) is 17.9 Å². The maximum atomic E-state index is 5.96. The average Bonchev–Trinajstić information content (AvgIpc) is 2.83. The summed E-state index contributed by atoms with van der Waals surface area (Å²) in [5.41, 5.74) is 1.30. The second kappa shape index (κ2) is 3.08. The Balaban J connectivity index is 1.83. The Kier molecular flexibility index (Phi) is 1.93. The molecule has 0 spiro atoms. The van der Waals surface area contributed by atoms with E-state index in [9.17, 15) is 0 Å². The van der Waals surface area contributed by atoms with Crippen molar-refractivity contribution in [3.63, 3.8) is 0 Å². The lowest BCUT2D eigenvalue weighted by atomic mass is 9.79. The predicted molar refractivity (Wildman–Crippen MR) is 57.4 cm³/mol. The minimum atomic E-state index is 0.0386. The molecule has 3 atom stereocenters. The van der Waals surface area contributed by atoms with E-state index < -0.39 is 0 Å². The van der Waals surface area contributed by atoms with Crippen molar-refractivity contribution in [2.45, 2.75) is 44.3 Å². The third-order valence-electron chi connectivity index (χ3n) is 4.12. The van der Waals surface area contributed by atoms with E-state index in [1.54, 1.807) is 0 Å². The van der Waals surface area contributed by atoms with Crippen LogP contribution in [0.3, 0.4) is 0 Å². The Morgan fingerprint density at radius 1 is 1.67 bits per heavy atom. The molecule has 3 rings (SSSR count). The Hall–Kier alpha value is -0.830. The van der Waals surface area contributed by atoms with Crippen LogP contribution in [0.25, 0.3) is 0 Å². The van der Waals surface area contributed by atoms with E-state index >= 15 is 0 Å². The summed E-state index contributed by atoms with van der Waals surface area (Å²) in [5, 5.41) is 4.24. The fraction of sp³-hybridized carbons (Fsp3) is 0.750. The van der Waals surface area contributed by atoms with Gasteiger partial charge in [-0.15, -0.1) is 0 Å². The molecule has 0 radical (unpaired) electrons. The molecular formula is C12H18N2O. The highest BCUT2D eigenvalue weighted by molar-refractivity contribution is 5.23. The lowest BCUT2D eigenvalue weighted by Crippen LogP contribution is -2.24. The maximum absolute atomic E-state index is 5.96. The van der Waals surface area contributed by atoms with E-state index in [1.165, 1.54) is 31.4 Å². The summed E-state index contributed by atoms with van der Waals surface area (Å²) in [6, 6.07) is 2.10. The highest BCUT2D eigenvalue weighted by atomic mass is 16.6. The Labute approximate surface area is 90.4 Å². The van der Waals surface area contributed by atoms with Gasteiger partial charge in [0.1, 0.15) is 5.60 Å². The van der Waals surface area contributed by atoms with Gasteiger partial charge in [-0.2, -0.15) is 5.10 Å². The molecule has 0 bridgehead atoms. The number of hydrogen-bond acceptors (Lipinski definition) is 2. The second-order valence-corrected chi connectivity index (χ2v) is 4.88. The normalized spacial score (nSPS) is 38.8. The molecule has 2 aliphatic rings. The van der Waals surface area contributed by atoms with Gasteiger partial charge in [-0.3, -0.25) is 4.68 Å². The second-order valence-electron chi connectivity index (χ2n) is 4.88. The predicted octanol–water partition coefficient (Wildman–Crippen LogP) is 2.22. The van der Waals surface area contributed by atoms with Crippen LogP contribution in [-0.4, -0.2) is 15.9 Å². The molecule has 1 aliphatic carbocycles. The van der Waals surface area contributed by atoms with Gasteiger partial charge in [-0.05, 0) is 31.2 Å². The first-order valence-electron chi connectivity index (χ1n) is 5.92. The van der Waals surface area contributed by atoms with E-state index in [0.717, 1.165) is 5.92 Å². The molecule has 82 valence electrons. The summed E-state index contributed by atoms with van der Waals surface area (Å²) >= 11 is 0. The van der Waals surface area contributed by atoms with Gasteiger partial charge in [0.15, 0.2) is 0 Å². The monoisotopic (exact) mass is 206 g/mol. The first-order valence-corrected chi connectivity index (χ1v) is 5.92. The molecule has 3 heteroatoms. The Morgan fingerprint density at radius 2 is 2.53 bits per heavy atom. The smallest absolute Gasteiger partial charge is 0.136 e. The van der Waals surface area contributed by atoms with Crippen LogP contribution in [0.2, 0.25) is 0 Å². The topological polar surface area (TPSA) is 30.4 Å². The van der Waals surface area contributed by atoms with Gasteiger partial charge >= 0.3 is 0 Å². The van der Waals surface area contributed by atoms with Gasteiger partial charge in [0, 0.05) is 13.2 Å². The molecule has 0 unspecified atom stereocenters. The van der Waals surface area contributed by atoms with Crippen LogP contribution >= 0.6 is 0 Å². The van der Waals surface area contributed by atoms with Crippen LogP contribution in [0.1, 0.15) is 38.3 Å². The van der Waals surface area contributed by atoms with Crippen LogP contribution in [-0.2, 0) is 17.4 Å². The van der Waals surface area contributed by atoms with Crippen molar-refractivity contribution in [3.8, 4) is 0 Å². The lowest BCUT2D eigenvalue weighted by Gasteiger charge is -2.23. The fourth-order valence-electron chi connectivity index (χ4n) is 3.03. The van der Waals surface area contributed by atoms with Crippen LogP contribution in [0.15, 0.2) is 12.3 Å². The third-order valence-corrected chi connectivity index (χ3v) is 4.12. The molecule has 0 amide bonds. The number of rotatable bonds is 2. The minimum absolute atomic E-state index is 0.0386. The SMILES string of the molecule is CC[C@@H]1CC[C@@]2(c3ccnn3C)O[C@@H]2C1. The van der Waals surface area contributed by atoms with Crippen molar-refractivity contribution < 1.29 is 4.74 Å². The Morgan fingerprint density at radius 3 is 3.13 bits per heavy atom. The first kappa shape index (κ1) is 9.40. The van der Waals surface area contributed by atoms with Crippen LogP contribution in [0.4, 0.5) is 0 Å². The van der Waals surface area contributed by atoms with Crippen molar-refractivity contribution >= 4 is 0 Å². The standard InChI is InChI=1S/C12H18N2O/c1-3-9-4-6-12(11(8-9)15-12)10-5-7-13-14(10)2/h5,7,9,11H,3-4,6,8H2,1-2H3/t9-,11-,12+/m1/s1. The summed E-state index contributed by atoms with van der Waals surface area (Å²) in [4.78, 5) is 0. The van der Waals surface area contributed by atoms with Gasteiger partial charge in [-0.25, -0.2) is 0 Å². The zero-order chi connectivity index (χ0) is 10.5. The van der Waals surface area contributed by atoms with E-state index in [2.05, 4.69) is 18.1 Å². The summed E-state index contributed by atoms with van der Waals surface area (Å²) in [5.74, 6) is 0.874. The van der Waals surface area contributed by atoms with Gasteiger partial charge in [0.25, 0.3) is 0 Å². The van der Waals surface area contributed by atoms with Gasteiger partial charge in [0.05, 0.1) is 11.8 Å².